The van der Waals surface area contributed by atoms with Gasteiger partial charge in [0.2, 0.25) is 0 Å². The molecule has 0 unspecified atom stereocenters. The molecule has 0 fully saturated rings. The van der Waals surface area contributed by atoms with E-state index in [1.165, 1.54) is 49.9 Å². The zero-order valence-electron chi connectivity index (χ0n) is 17.5. The van der Waals surface area contributed by atoms with Crippen LogP contribution < -0.4 is 0 Å². The number of nitrogens with zero attached hydrogens (tertiary/aromatic N) is 2. The second kappa shape index (κ2) is 20.6. The van der Waals surface area contributed by atoms with Crippen LogP contribution in [0.2, 0.25) is 0 Å². The van der Waals surface area contributed by atoms with Gasteiger partial charge in [0, 0.05) is 37.7 Å². The van der Waals surface area contributed by atoms with Gasteiger partial charge in [-0.2, -0.15) is 0 Å². The fourth-order valence-corrected chi connectivity index (χ4v) is 2.95. The lowest BCUT2D eigenvalue weighted by atomic mass is 10.1. The monoisotopic (exact) mass is 368 g/mol. The summed E-state index contributed by atoms with van der Waals surface area (Å²) in [6.45, 7) is 6.83. The molecule has 0 aliphatic rings. The molecule has 0 bridgehead atoms. The van der Waals surface area contributed by atoms with Crippen LogP contribution in [-0.4, -0.2) is 47.9 Å². The van der Waals surface area contributed by atoms with Crippen LogP contribution in [0.25, 0.3) is 0 Å². The molecule has 0 heterocycles. The summed E-state index contributed by atoms with van der Waals surface area (Å²) in [5.74, 6) is 0. The minimum Gasteiger partial charge on any atom is -0.396 e. The first-order chi connectivity index (χ1) is 12.8. The molecule has 0 rings (SSSR count). The van der Waals surface area contributed by atoms with Crippen molar-refractivity contribution in [3.8, 4) is 0 Å². The summed E-state index contributed by atoms with van der Waals surface area (Å²) < 4.78 is 0. The summed E-state index contributed by atoms with van der Waals surface area (Å²) in [6, 6.07) is 0. The van der Waals surface area contributed by atoms with Gasteiger partial charge >= 0.3 is 0 Å². The van der Waals surface area contributed by atoms with E-state index in [0.29, 0.717) is 0 Å². The largest absolute Gasteiger partial charge is 0.396 e. The Labute approximate surface area is 162 Å². The van der Waals surface area contributed by atoms with Crippen molar-refractivity contribution in [2.45, 2.75) is 104 Å². The van der Waals surface area contributed by atoms with Crippen LogP contribution in [0.4, 0.5) is 0 Å². The standard InChI is InChI=1S/C22H44N2O2/c1-3-5-13-21(15-11-19-25)23-17-9-7-8-10-18-24-22(14-6-4-2)16-12-20-26/h25-26H,3-20H2,1-2H3. The minimum atomic E-state index is 0.268. The summed E-state index contributed by atoms with van der Waals surface area (Å²) in [5.41, 5.74) is 2.60. The highest BCUT2D eigenvalue weighted by Gasteiger charge is 2.00. The van der Waals surface area contributed by atoms with E-state index in [9.17, 15) is 0 Å². The lowest BCUT2D eigenvalue weighted by Crippen LogP contribution is -2.02. The number of rotatable bonds is 19. The zero-order valence-corrected chi connectivity index (χ0v) is 17.5. The molecule has 0 amide bonds. The lowest BCUT2D eigenvalue weighted by Gasteiger charge is -2.06. The predicted octanol–water partition coefficient (Wildman–Crippen LogP) is 5.35. The Morgan fingerprint density at radius 1 is 0.538 bits per heavy atom. The zero-order chi connectivity index (χ0) is 19.3. The summed E-state index contributed by atoms with van der Waals surface area (Å²) >= 11 is 0. The van der Waals surface area contributed by atoms with E-state index in [4.69, 9.17) is 20.2 Å². The summed E-state index contributed by atoms with van der Waals surface area (Å²) in [6.07, 6.45) is 15.4. The van der Waals surface area contributed by atoms with Crippen LogP contribution in [0.1, 0.15) is 104 Å². The number of aliphatic hydroxyl groups is 2. The fourth-order valence-electron chi connectivity index (χ4n) is 2.95. The van der Waals surface area contributed by atoms with E-state index in [-0.39, 0.29) is 13.2 Å². The third kappa shape index (κ3) is 16.7. The van der Waals surface area contributed by atoms with Crippen molar-refractivity contribution in [1.29, 1.82) is 0 Å². The van der Waals surface area contributed by atoms with Crippen molar-refractivity contribution in [1.82, 2.24) is 0 Å². The minimum absolute atomic E-state index is 0.268. The van der Waals surface area contributed by atoms with Gasteiger partial charge in [0.1, 0.15) is 0 Å². The molecule has 0 saturated heterocycles. The molecule has 26 heavy (non-hydrogen) atoms. The van der Waals surface area contributed by atoms with E-state index in [1.807, 2.05) is 0 Å². The number of unbranched alkanes of at least 4 members (excludes halogenated alkanes) is 5. The molecular weight excluding hydrogens is 324 g/mol. The van der Waals surface area contributed by atoms with Gasteiger partial charge < -0.3 is 10.2 Å². The Hall–Kier alpha value is -0.740. The Bertz CT molecular complexity index is 300. The molecular formula is C22H44N2O2. The summed E-state index contributed by atoms with van der Waals surface area (Å²) in [4.78, 5) is 9.53. The molecule has 0 radical (unpaired) electrons. The van der Waals surface area contributed by atoms with Gasteiger partial charge in [-0.1, -0.05) is 39.5 Å². The van der Waals surface area contributed by atoms with Crippen molar-refractivity contribution in [3.05, 3.63) is 0 Å². The first-order valence-corrected chi connectivity index (χ1v) is 11.0. The number of aliphatic hydroxyl groups excluding tert-OH is 2. The lowest BCUT2D eigenvalue weighted by molar-refractivity contribution is 0.290. The molecule has 4 nitrogen and oxygen atoms in total. The van der Waals surface area contributed by atoms with Gasteiger partial charge in [-0.25, -0.2) is 0 Å². The van der Waals surface area contributed by atoms with Crippen LogP contribution in [0, 0.1) is 0 Å². The second-order valence-electron chi connectivity index (χ2n) is 7.17. The van der Waals surface area contributed by atoms with Crippen LogP contribution in [-0.2, 0) is 0 Å². The molecule has 0 aromatic heterocycles. The highest BCUT2D eigenvalue weighted by molar-refractivity contribution is 5.84. The third-order valence-electron chi connectivity index (χ3n) is 4.62. The van der Waals surface area contributed by atoms with Gasteiger partial charge in [0.05, 0.1) is 0 Å². The topological polar surface area (TPSA) is 65.2 Å². The molecule has 0 saturated carbocycles. The Balaban J connectivity index is 3.90. The average molecular weight is 369 g/mol. The van der Waals surface area contributed by atoms with Gasteiger partial charge in [0.25, 0.3) is 0 Å². The van der Waals surface area contributed by atoms with Crippen LogP contribution >= 0.6 is 0 Å². The SMILES string of the molecule is CCCCC(CCCO)=NCCCCCCN=C(CCCC)CCCO. The van der Waals surface area contributed by atoms with Crippen molar-refractivity contribution >= 4 is 11.4 Å². The summed E-state index contributed by atoms with van der Waals surface area (Å²) in [5, 5.41) is 18.0. The second-order valence-corrected chi connectivity index (χ2v) is 7.17. The number of hydrogen-bond donors (Lipinski definition) is 2. The highest BCUT2D eigenvalue weighted by atomic mass is 16.3. The molecule has 0 aromatic carbocycles. The van der Waals surface area contributed by atoms with Gasteiger partial charge in [-0.05, 0) is 64.2 Å². The van der Waals surface area contributed by atoms with Crippen LogP contribution in [0.5, 0.6) is 0 Å². The molecule has 154 valence electrons. The maximum Gasteiger partial charge on any atom is 0.0434 e. The van der Waals surface area contributed by atoms with E-state index in [0.717, 1.165) is 64.5 Å². The Kier molecular flexibility index (Phi) is 20.0. The molecule has 4 heteroatoms. The maximum absolute atomic E-state index is 8.99. The van der Waals surface area contributed by atoms with E-state index in [1.54, 1.807) is 0 Å². The van der Waals surface area contributed by atoms with Crippen molar-refractivity contribution in [3.63, 3.8) is 0 Å². The quantitative estimate of drug-likeness (QED) is 0.238. The highest BCUT2D eigenvalue weighted by Crippen LogP contribution is 2.08. The normalized spacial score (nSPS) is 12.8. The number of hydrogen-bond acceptors (Lipinski definition) is 4. The third-order valence-corrected chi connectivity index (χ3v) is 4.62. The molecule has 0 aliphatic carbocycles. The van der Waals surface area contributed by atoms with E-state index < -0.39 is 0 Å². The van der Waals surface area contributed by atoms with E-state index in [2.05, 4.69) is 13.8 Å². The van der Waals surface area contributed by atoms with Crippen LogP contribution in [0.15, 0.2) is 9.98 Å². The Morgan fingerprint density at radius 2 is 0.923 bits per heavy atom. The van der Waals surface area contributed by atoms with Gasteiger partial charge in [0.15, 0.2) is 0 Å². The molecule has 0 aliphatic heterocycles. The smallest absolute Gasteiger partial charge is 0.0434 e. The molecule has 0 spiro atoms. The molecule has 0 atom stereocenters. The Morgan fingerprint density at radius 3 is 1.27 bits per heavy atom. The fraction of sp³-hybridized carbons (Fsp3) is 0.909. The molecule has 0 aromatic rings. The van der Waals surface area contributed by atoms with Gasteiger partial charge in [-0.15, -0.1) is 0 Å². The summed E-state index contributed by atoms with van der Waals surface area (Å²) in [7, 11) is 0. The predicted molar refractivity (Wildman–Crippen MR) is 115 cm³/mol. The van der Waals surface area contributed by atoms with E-state index >= 15 is 0 Å². The molecule has 2 N–H and O–H groups in total. The van der Waals surface area contributed by atoms with Crippen LogP contribution in [0.3, 0.4) is 0 Å². The first kappa shape index (κ1) is 25.3. The van der Waals surface area contributed by atoms with Gasteiger partial charge in [-0.3, -0.25) is 9.98 Å². The average Bonchev–Trinajstić information content (AvgIpc) is 2.66. The maximum atomic E-state index is 8.99. The van der Waals surface area contributed by atoms with Crippen molar-refractivity contribution < 1.29 is 10.2 Å². The number of aliphatic imine (C=N–C) groups is 2. The van der Waals surface area contributed by atoms with Crippen molar-refractivity contribution in [2.75, 3.05) is 26.3 Å². The van der Waals surface area contributed by atoms with Crippen molar-refractivity contribution in [2.24, 2.45) is 9.98 Å². The first-order valence-electron chi connectivity index (χ1n) is 11.0.